The van der Waals surface area contributed by atoms with Crippen LogP contribution >= 0.6 is 0 Å². The van der Waals surface area contributed by atoms with Gasteiger partial charge in [0.1, 0.15) is 5.83 Å². The molecule has 0 bridgehead atoms. The van der Waals surface area contributed by atoms with Crippen LogP contribution in [0, 0.1) is 5.41 Å². The van der Waals surface area contributed by atoms with Gasteiger partial charge in [0.25, 0.3) is 0 Å². The number of halogens is 1. The fourth-order valence-electron chi connectivity index (χ4n) is 0.968. The number of allylic oxidation sites excluding steroid dienone is 4. The molecule has 56 valence electrons. The zero-order valence-corrected chi connectivity index (χ0v) is 6.74. The van der Waals surface area contributed by atoms with Gasteiger partial charge in [0.15, 0.2) is 0 Å². The Labute approximate surface area is 61.4 Å². The standard InChI is InChI=1S/C9H13F/c1-7-4-5-9(2,3)8(10)6-7/h4,6H,5H2,1-3H3. The van der Waals surface area contributed by atoms with Gasteiger partial charge in [-0.15, -0.1) is 0 Å². The molecule has 0 aromatic heterocycles. The summed E-state index contributed by atoms with van der Waals surface area (Å²) in [4.78, 5) is 0. The largest absolute Gasteiger partial charge is 0.211 e. The molecule has 0 aliphatic heterocycles. The van der Waals surface area contributed by atoms with Crippen molar-refractivity contribution in [3.05, 3.63) is 23.6 Å². The van der Waals surface area contributed by atoms with E-state index in [1.165, 1.54) is 0 Å². The first-order chi connectivity index (χ1) is 4.52. The van der Waals surface area contributed by atoms with Gasteiger partial charge in [-0.1, -0.05) is 25.5 Å². The van der Waals surface area contributed by atoms with Gasteiger partial charge in [-0.2, -0.15) is 0 Å². The van der Waals surface area contributed by atoms with Gasteiger partial charge < -0.3 is 0 Å². The monoisotopic (exact) mass is 140 g/mol. The Morgan fingerprint density at radius 1 is 1.50 bits per heavy atom. The van der Waals surface area contributed by atoms with Crippen LogP contribution in [-0.4, -0.2) is 0 Å². The molecule has 0 radical (unpaired) electrons. The Balaban J connectivity index is 2.88. The molecule has 10 heavy (non-hydrogen) atoms. The summed E-state index contributed by atoms with van der Waals surface area (Å²) < 4.78 is 13.0. The Morgan fingerprint density at radius 2 is 2.10 bits per heavy atom. The fourth-order valence-corrected chi connectivity index (χ4v) is 0.968. The number of hydrogen-bond donors (Lipinski definition) is 0. The molecule has 1 aliphatic carbocycles. The third-order valence-corrected chi connectivity index (χ3v) is 1.94. The first-order valence-electron chi connectivity index (χ1n) is 3.57. The maximum absolute atomic E-state index is 13.0. The molecule has 0 amide bonds. The minimum Gasteiger partial charge on any atom is -0.211 e. The summed E-state index contributed by atoms with van der Waals surface area (Å²) in [7, 11) is 0. The van der Waals surface area contributed by atoms with Crippen LogP contribution in [0.25, 0.3) is 0 Å². The van der Waals surface area contributed by atoms with E-state index in [4.69, 9.17) is 0 Å². The Morgan fingerprint density at radius 3 is 2.50 bits per heavy atom. The zero-order valence-electron chi connectivity index (χ0n) is 6.74. The van der Waals surface area contributed by atoms with Crippen LogP contribution in [0.3, 0.4) is 0 Å². The van der Waals surface area contributed by atoms with E-state index < -0.39 is 0 Å². The van der Waals surface area contributed by atoms with Crippen LogP contribution in [0.2, 0.25) is 0 Å². The van der Waals surface area contributed by atoms with E-state index in [1.807, 2.05) is 20.8 Å². The predicted octanol–water partition coefficient (Wildman–Crippen LogP) is 3.22. The van der Waals surface area contributed by atoms with Crippen LogP contribution in [-0.2, 0) is 0 Å². The van der Waals surface area contributed by atoms with E-state index in [0.717, 1.165) is 12.0 Å². The molecule has 0 fully saturated rings. The molecule has 0 saturated carbocycles. The van der Waals surface area contributed by atoms with E-state index in [2.05, 4.69) is 6.08 Å². The highest BCUT2D eigenvalue weighted by Crippen LogP contribution is 2.35. The second kappa shape index (κ2) is 2.22. The highest BCUT2D eigenvalue weighted by Gasteiger charge is 2.24. The lowest BCUT2D eigenvalue weighted by atomic mass is 9.83. The second-order valence-electron chi connectivity index (χ2n) is 3.53. The van der Waals surface area contributed by atoms with Crippen molar-refractivity contribution in [3.8, 4) is 0 Å². The highest BCUT2D eigenvalue weighted by molar-refractivity contribution is 5.27. The van der Waals surface area contributed by atoms with Gasteiger partial charge in [-0.3, -0.25) is 0 Å². The van der Waals surface area contributed by atoms with Gasteiger partial charge in [0.05, 0.1) is 0 Å². The van der Waals surface area contributed by atoms with Crippen LogP contribution in [0.4, 0.5) is 4.39 Å². The van der Waals surface area contributed by atoms with Gasteiger partial charge in [-0.05, 0) is 19.4 Å². The molecule has 0 spiro atoms. The first kappa shape index (κ1) is 7.52. The predicted molar refractivity (Wildman–Crippen MR) is 41.3 cm³/mol. The normalized spacial score (nSPS) is 23.6. The lowest BCUT2D eigenvalue weighted by molar-refractivity contribution is 0.346. The molecule has 0 aromatic carbocycles. The van der Waals surface area contributed by atoms with E-state index in [9.17, 15) is 4.39 Å². The van der Waals surface area contributed by atoms with Crippen LogP contribution in [0.1, 0.15) is 27.2 Å². The minimum absolute atomic E-state index is 0.00694. The maximum Gasteiger partial charge on any atom is 0.106 e. The third kappa shape index (κ3) is 1.28. The van der Waals surface area contributed by atoms with E-state index in [-0.39, 0.29) is 11.2 Å². The molecule has 0 aromatic rings. The van der Waals surface area contributed by atoms with Crippen molar-refractivity contribution in [3.63, 3.8) is 0 Å². The Kier molecular flexibility index (Phi) is 1.67. The summed E-state index contributed by atoms with van der Waals surface area (Å²) >= 11 is 0. The molecule has 0 heterocycles. The molecule has 0 atom stereocenters. The van der Waals surface area contributed by atoms with Crippen molar-refractivity contribution in [2.24, 2.45) is 5.41 Å². The van der Waals surface area contributed by atoms with Crippen molar-refractivity contribution in [2.75, 3.05) is 0 Å². The Hall–Kier alpha value is -0.590. The van der Waals surface area contributed by atoms with Gasteiger partial charge in [0, 0.05) is 5.41 Å². The van der Waals surface area contributed by atoms with Crippen molar-refractivity contribution < 1.29 is 4.39 Å². The SMILES string of the molecule is CC1=CCC(C)(C)C(F)=C1. The van der Waals surface area contributed by atoms with Crippen molar-refractivity contribution in [2.45, 2.75) is 27.2 Å². The number of hydrogen-bond acceptors (Lipinski definition) is 0. The summed E-state index contributed by atoms with van der Waals surface area (Å²) in [6.45, 7) is 5.76. The topological polar surface area (TPSA) is 0 Å². The minimum atomic E-state index is -0.264. The zero-order chi connectivity index (χ0) is 7.78. The van der Waals surface area contributed by atoms with E-state index >= 15 is 0 Å². The van der Waals surface area contributed by atoms with E-state index in [1.54, 1.807) is 6.08 Å². The maximum atomic E-state index is 13.0. The molecule has 0 unspecified atom stereocenters. The highest BCUT2D eigenvalue weighted by atomic mass is 19.1. The molecule has 1 heteroatoms. The van der Waals surface area contributed by atoms with Gasteiger partial charge >= 0.3 is 0 Å². The van der Waals surface area contributed by atoms with Crippen molar-refractivity contribution in [1.29, 1.82) is 0 Å². The summed E-state index contributed by atoms with van der Waals surface area (Å²) in [6.07, 6.45) is 4.51. The molecule has 0 saturated heterocycles. The van der Waals surface area contributed by atoms with Crippen LogP contribution in [0.15, 0.2) is 23.6 Å². The smallest absolute Gasteiger partial charge is 0.106 e. The van der Waals surface area contributed by atoms with E-state index in [0.29, 0.717) is 0 Å². The first-order valence-corrected chi connectivity index (χ1v) is 3.57. The third-order valence-electron chi connectivity index (χ3n) is 1.94. The lowest BCUT2D eigenvalue weighted by Gasteiger charge is -2.24. The quantitative estimate of drug-likeness (QED) is 0.484. The van der Waals surface area contributed by atoms with Crippen molar-refractivity contribution in [1.82, 2.24) is 0 Å². The molecule has 1 rings (SSSR count). The second-order valence-corrected chi connectivity index (χ2v) is 3.53. The average Bonchev–Trinajstić information content (AvgIpc) is 1.81. The van der Waals surface area contributed by atoms with Gasteiger partial charge in [-0.25, -0.2) is 4.39 Å². The summed E-state index contributed by atoms with van der Waals surface area (Å²) in [5.41, 5.74) is 0.774. The fraction of sp³-hybridized carbons (Fsp3) is 0.556. The molecular weight excluding hydrogens is 127 g/mol. The average molecular weight is 140 g/mol. The summed E-state index contributed by atoms with van der Waals surface area (Å²) in [6, 6.07) is 0. The van der Waals surface area contributed by atoms with Crippen molar-refractivity contribution >= 4 is 0 Å². The molecule has 0 nitrogen and oxygen atoms in total. The van der Waals surface area contributed by atoms with Crippen LogP contribution < -0.4 is 0 Å². The number of rotatable bonds is 0. The molecule has 0 N–H and O–H groups in total. The lowest BCUT2D eigenvalue weighted by Crippen LogP contribution is -2.13. The van der Waals surface area contributed by atoms with Crippen LogP contribution in [0.5, 0.6) is 0 Å². The van der Waals surface area contributed by atoms with Gasteiger partial charge in [0.2, 0.25) is 0 Å². The Bertz CT molecular complexity index is 197. The summed E-state index contributed by atoms with van der Waals surface area (Å²) in [5, 5.41) is 0. The molecule has 1 aliphatic rings. The molecular formula is C9H13F. The summed E-state index contributed by atoms with van der Waals surface area (Å²) in [5.74, 6) is 0.00694.